The number of carbonyl (C=O) groups excluding carboxylic acids is 1. The molecule has 1 heterocycles. The van der Waals surface area contributed by atoms with Crippen molar-refractivity contribution < 1.29 is 14.5 Å². The molecule has 0 saturated heterocycles. The number of amides is 1. The van der Waals surface area contributed by atoms with E-state index in [1.165, 1.54) is 0 Å². The lowest BCUT2D eigenvalue weighted by molar-refractivity contribution is -0.124. The number of aromatic nitrogens is 2. The summed E-state index contributed by atoms with van der Waals surface area (Å²) in [5.74, 6) is 0.485. The van der Waals surface area contributed by atoms with Crippen LogP contribution < -0.4 is 11.1 Å². The molecule has 1 aliphatic rings. The number of amidine groups is 1. The van der Waals surface area contributed by atoms with Crippen LogP contribution in [0, 0.1) is 12.3 Å². The Morgan fingerprint density at radius 3 is 2.88 bits per heavy atom. The van der Waals surface area contributed by atoms with E-state index in [0.717, 1.165) is 0 Å². The zero-order valence-electron chi connectivity index (χ0n) is 9.30. The van der Waals surface area contributed by atoms with Gasteiger partial charge in [-0.05, 0) is 19.8 Å². The summed E-state index contributed by atoms with van der Waals surface area (Å²) in [6, 6.07) is 0. The highest BCUT2D eigenvalue weighted by molar-refractivity contribution is 6.09. The Bertz CT molecular complexity index is 463. The van der Waals surface area contributed by atoms with Crippen LogP contribution in [0.5, 0.6) is 0 Å². The average Bonchev–Trinajstić information content (AvgIpc) is 3.04. The lowest BCUT2D eigenvalue weighted by Crippen LogP contribution is -2.40. The monoisotopic (exact) mass is 239 g/mol. The fourth-order valence-electron chi connectivity index (χ4n) is 1.56. The minimum absolute atomic E-state index is 0.0586. The van der Waals surface area contributed by atoms with Gasteiger partial charge in [0.25, 0.3) is 0 Å². The molecule has 8 nitrogen and oxygen atoms in total. The molecular formula is C9H13N5O3. The predicted molar refractivity (Wildman–Crippen MR) is 56.0 cm³/mol. The van der Waals surface area contributed by atoms with Crippen molar-refractivity contribution in [1.29, 1.82) is 0 Å². The normalized spacial score (nSPS) is 17.8. The molecule has 92 valence electrons. The number of aryl methyl sites for hydroxylation is 1. The summed E-state index contributed by atoms with van der Waals surface area (Å²) < 4.78 is 4.85. The van der Waals surface area contributed by atoms with E-state index in [4.69, 9.17) is 15.5 Å². The molecule has 0 atom stereocenters. The third-order valence-electron chi connectivity index (χ3n) is 2.75. The second kappa shape index (κ2) is 4.04. The number of hydrogen-bond donors (Lipinski definition) is 3. The fourth-order valence-corrected chi connectivity index (χ4v) is 1.56. The van der Waals surface area contributed by atoms with Crippen LogP contribution in [0.15, 0.2) is 9.68 Å². The lowest BCUT2D eigenvalue weighted by Gasteiger charge is -2.12. The Morgan fingerprint density at radius 2 is 2.41 bits per heavy atom. The van der Waals surface area contributed by atoms with E-state index >= 15 is 0 Å². The zero-order valence-corrected chi connectivity index (χ0v) is 9.30. The molecule has 0 spiro atoms. The van der Waals surface area contributed by atoms with Gasteiger partial charge >= 0.3 is 0 Å². The summed E-state index contributed by atoms with van der Waals surface area (Å²) in [6.07, 6.45) is 1.16. The van der Waals surface area contributed by atoms with Crippen LogP contribution in [0.3, 0.4) is 0 Å². The largest absolute Gasteiger partial charge is 0.409 e. The Hall–Kier alpha value is -2.12. The van der Waals surface area contributed by atoms with Crippen molar-refractivity contribution in [2.75, 3.05) is 0 Å². The number of rotatable bonds is 4. The van der Waals surface area contributed by atoms with E-state index in [9.17, 15) is 4.79 Å². The summed E-state index contributed by atoms with van der Waals surface area (Å²) in [5.41, 5.74) is 4.62. The minimum Gasteiger partial charge on any atom is -0.409 e. The van der Waals surface area contributed by atoms with Crippen molar-refractivity contribution in [3.05, 3.63) is 11.7 Å². The number of hydrogen-bond acceptors (Lipinski definition) is 6. The second-order valence-corrected chi connectivity index (χ2v) is 3.99. The van der Waals surface area contributed by atoms with Gasteiger partial charge in [-0.3, -0.25) is 4.79 Å². The molecule has 1 aliphatic carbocycles. The molecular weight excluding hydrogens is 226 g/mol. The molecule has 0 unspecified atom stereocenters. The van der Waals surface area contributed by atoms with Crippen LogP contribution >= 0.6 is 0 Å². The molecule has 0 bridgehead atoms. The van der Waals surface area contributed by atoms with Crippen molar-refractivity contribution >= 4 is 11.7 Å². The maximum absolute atomic E-state index is 11.8. The summed E-state index contributed by atoms with van der Waals surface area (Å²) >= 11 is 0. The standard InChI is InChI=1S/C9H13N5O3/c1-5-12-6(17-14-5)4-11-8(15)9(2-3-9)7(10)13-16/h16H,2-4H2,1H3,(H2,10,13)(H,11,15). The summed E-state index contributed by atoms with van der Waals surface area (Å²) in [4.78, 5) is 15.8. The van der Waals surface area contributed by atoms with E-state index in [0.29, 0.717) is 24.6 Å². The fraction of sp³-hybridized carbons (Fsp3) is 0.556. The van der Waals surface area contributed by atoms with Gasteiger partial charge in [0.05, 0.1) is 6.54 Å². The van der Waals surface area contributed by atoms with Crippen molar-refractivity contribution in [2.45, 2.75) is 26.3 Å². The first kappa shape index (κ1) is 11.4. The Balaban J connectivity index is 1.94. The first-order chi connectivity index (χ1) is 8.08. The van der Waals surface area contributed by atoms with Gasteiger partial charge in [-0.2, -0.15) is 4.98 Å². The molecule has 4 N–H and O–H groups in total. The van der Waals surface area contributed by atoms with Gasteiger partial charge < -0.3 is 20.8 Å². The maximum Gasteiger partial charge on any atom is 0.246 e. The number of nitrogens with two attached hydrogens (primary N) is 1. The summed E-state index contributed by atoms with van der Waals surface area (Å²) in [6.45, 7) is 1.83. The zero-order chi connectivity index (χ0) is 12.5. The lowest BCUT2D eigenvalue weighted by atomic mass is 10.1. The molecule has 1 aromatic rings. The number of oxime groups is 1. The van der Waals surface area contributed by atoms with Crippen molar-refractivity contribution in [3.8, 4) is 0 Å². The van der Waals surface area contributed by atoms with E-state index < -0.39 is 5.41 Å². The van der Waals surface area contributed by atoms with E-state index in [2.05, 4.69) is 20.6 Å². The highest BCUT2D eigenvalue weighted by atomic mass is 16.5. The average molecular weight is 239 g/mol. The molecule has 8 heteroatoms. The Morgan fingerprint density at radius 1 is 1.71 bits per heavy atom. The van der Waals surface area contributed by atoms with Crippen molar-refractivity contribution in [3.63, 3.8) is 0 Å². The molecule has 1 amide bonds. The Kier molecular flexibility index (Phi) is 2.70. The first-order valence-electron chi connectivity index (χ1n) is 5.14. The van der Waals surface area contributed by atoms with Gasteiger partial charge in [0, 0.05) is 0 Å². The van der Waals surface area contributed by atoms with Crippen molar-refractivity contribution in [1.82, 2.24) is 15.5 Å². The third-order valence-corrected chi connectivity index (χ3v) is 2.75. The SMILES string of the molecule is Cc1noc(CNC(=O)C2(C(N)=NO)CC2)n1. The van der Waals surface area contributed by atoms with E-state index in [1.807, 2.05) is 0 Å². The van der Waals surface area contributed by atoms with Crippen molar-refractivity contribution in [2.24, 2.45) is 16.3 Å². The van der Waals surface area contributed by atoms with E-state index in [-0.39, 0.29) is 18.3 Å². The molecule has 0 aromatic carbocycles. The third kappa shape index (κ3) is 2.05. The smallest absolute Gasteiger partial charge is 0.246 e. The first-order valence-corrected chi connectivity index (χ1v) is 5.14. The van der Waals surface area contributed by atoms with Gasteiger partial charge in [-0.25, -0.2) is 0 Å². The molecule has 1 fully saturated rings. The number of nitrogens with zero attached hydrogens (tertiary/aromatic N) is 3. The minimum atomic E-state index is -0.857. The predicted octanol–water partition coefficient (Wildman–Crippen LogP) is -0.479. The van der Waals surface area contributed by atoms with Gasteiger partial charge in [0.1, 0.15) is 5.41 Å². The molecule has 2 rings (SSSR count). The Labute approximate surface area is 96.9 Å². The quantitative estimate of drug-likeness (QED) is 0.282. The highest BCUT2D eigenvalue weighted by Gasteiger charge is 2.54. The topological polar surface area (TPSA) is 127 Å². The van der Waals surface area contributed by atoms with Crippen LogP contribution in [0.25, 0.3) is 0 Å². The molecule has 0 aliphatic heterocycles. The molecule has 1 aromatic heterocycles. The van der Waals surface area contributed by atoms with Crippen LogP contribution in [-0.2, 0) is 11.3 Å². The van der Waals surface area contributed by atoms with Crippen LogP contribution in [-0.4, -0.2) is 27.1 Å². The van der Waals surface area contributed by atoms with Gasteiger partial charge in [0.2, 0.25) is 11.8 Å². The summed E-state index contributed by atoms with van der Waals surface area (Å²) in [7, 11) is 0. The maximum atomic E-state index is 11.8. The molecule has 17 heavy (non-hydrogen) atoms. The molecule has 0 radical (unpaired) electrons. The van der Waals surface area contributed by atoms with Gasteiger partial charge in [0.15, 0.2) is 11.7 Å². The van der Waals surface area contributed by atoms with Crippen LogP contribution in [0.1, 0.15) is 24.6 Å². The van der Waals surface area contributed by atoms with E-state index in [1.54, 1.807) is 6.92 Å². The number of carbonyl (C=O) groups is 1. The van der Waals surface area contributed by atoms with Gasteiger partial charge in [-0.1, -0.05) is 10.3 Å². The second-order valence-electron chi connectivity index (χ2n) is 3.99. The highest BCUT2D eigenvalue weighted by Crippen LogP contribution is 2.46. The molecule has 1 saturated carbocycles. The van der Waals surface area contributed by atoms with Crippen LogP contribution in [0.2, 0.25) is 0 Å². The summed E-state index contributed by atoms with van der Waals surface area (Å²) in [5, 5.41) is 17.7. The number of nitrogens with one attached hydrogen (secondary N) is 1. The van der Waals surface area contributed by atoms with Gasteiger partial charge in [-0.15, -0.1) is 0 Å². The van der Waals surface area contributed by atoms with Crippen LogP contribution in [0.4, 0.5) is 0 Å².